The van der Waals surface area contributed by atoms with Gasteiger partial charge in [0.2, 0.25) is 0 Å². The van der Waals surface area contributed by atoms with Crippen LogP contribution in [-0.2, 0) is 5.41 Å². The molecule has 0 aromatic heterocycles. The van der Waals surface area contributed by atoms with Crippen molar-refractivity contribution in [3.63, 3.8) is 0 Å². The summed E-state index contributed by atoms with van der Waals surface area (Å²) in [4.78, 5) is 0. The second-order valence-corrected chi connectivity index (χ2v) is 6.34. The van der Waals surface area contributed by atoms with Crippen LogP contribution in [0.4, 0.5) is 0 Å². The van der Waals surface area contributed by atoms with E-state index in [2.05, 4.69) is 50.2 Å². The van der Waals surface area contributed by atoms with E-state index >= 15 is 0 Å². The lowest BCUT2D eigenvalue weighted by atomic mass is 9.82. The maximum Gasteiger partial charge on any atom is 0.0406 e. The van der Waals surface area contributed by atoms with Gasteiger partial charge < -0.3 is 0 Å². The minimum absolute atomic E-state index is 0.174. The minimum atomic E-state index is 0.174. The van der Waals surface area contributed by atoms with Crippen LogP contribution in [-0.4, -0.2) is 22.7 Å². The molecule has 0 atom stereocenters. The zero-order chi connectivity index (χ0) is 12.0. The van der Waals surface area contributed by atoms with Gasteiger partial charge in [0.15, 0.2) is 0 Å². The van der Waals surface area contributed by atoms with E-state index < -0.39 is 0 Å². The van der Waals surface area contributed by atoms with Crippen molar-refractivity contribution in [3.05, 3.63) is 34.9 Å². The van der Waals surface area contributed by atoms with Crippen molar-refractivity contribution in [3.8, 4) is 0 Å². The van der Waals surface area contributed by atoms with Crippen molar-refractivity contribution in [1.29, 1.82) is 0 Å². The highest BCUT2D eigenvalue weighted by Crippen LogP contribution is 2.34. The van der Waals surface area contributed by atoms with E-state index in [0.29, 0.717) is 0 Å². The summed E-state index contributed by atoms with van der Waals surface area (Å²) in [6.07, 6.45) is 3.31. The summed E-state index contributed by atoms with van der Waals surface area (Å²) in [5, 5.41) is 2.73. The molecule has 1 rings (SSSR count). The molecule has 0 amide bonds. The molecule has 0 fully saturated rings. The van der Waals surface area contributed by atoms with Crippen molar-refractivity contribution in [2.75, 3.05) is 22.7 Å². The highest BCUT2D eigenvalue weighted by molar-refractivity contribution is 9.09. The van der Waals surface area contributed by atoms with Gasteiger partial charge in [0.1, 0.15) is 0 Å². The van der Waals surface area contributed by atoms with E-state index in [1.807, 2.05) is 23.9 Å². The highest BCUT2D eigenvalue weighted by atomic mass is 79.9. The Kier molecular flexibility index (Phi) is 6.79. The predicted molar refractivity (Wildman–Crippen MR) is 83.7 cm³/mol. The average Bonchev–Trinajstić information content (AvgIpc) is 2.33. The van der Waals surface area contributed by atoms with Gasteiger partial charge in [-0.3, -0.25) is 0 Å². The molecular weight excluding hydrogens is 371 g/mol. The quantitative estimate of drug-likeness (QED) is 0.612. The number of thioether (sulfide) groups is 1. The first-order valence-electron chi connectivity index (χ1n) is 5.05. The normalized spacial score (nSPS) is 11.8. The van der Waals surface area contributed by atoms with Crippen LogP contribution in [0.15, 0.2) is 24.3 Å². The van der Waals surface area contributed by atoms with Gasteiger partial charge in [0, 0.05) is 21.1 Å². The molecule has 1 aromatic carbocycles. The molecule has 0 nitrogen and oxygen atoms in total. The van der Waals surface area contributed by atoms with Crippen molar-refractivity contribution in [1.82, 2.24) is 0 Å². The smallest absolute Gasteiger partial charge is 0.0406 e. The van der Waals surface area contributed by atoms with E-state index in [-0.39, 0.29) is 5.41 Å². The lowest BCUT2D eigenvalue weighted by Crippen LogP contribution is -2.31. The third-order valence-electron chi connectivity index (χ3n) is 2.75. The van der Waals surface area contributed by atoms with Crippen LogP contribution >= 0.6 is 55.2 Å². The number of hydrogen-bond donors (Lipinski definition) is 0. The third-order valence-corrected chi connectivity index (χ3v) is 5.76. The molecule has 0 aliphatic carbocycles. The Morgan fingerprint density at radius 3 is 2.19 bits per heavy atom. The maximum absolute atomic E-state index is 5.92. The van der Waals surface area contributed by atoms with Crippen LogP contribution in [0.2, 0.25) is 5.02 Å². The molecule has 0 spiro atoms. The van der Waals surface area contributed by atoms with Gasteiger partial charge in [0.25, 0.3) is 0 Å². The minimum Gasteiger partial charge on any atom is -0.165 e. The SMILES string of the molecule is CSCCC(CBr)(CBr)c1ccc(Cl)cc1. The number of rotatable bonds is 6. The van der Waals surface area contributed by atoms with Gasteiger partial charge in [-0.1, -0.05) is 55.6 Å². The molecule has 0 heterocycles. The molecule has 16 heavy (non-hydrogen) atoms. The second-order valence-electron chi connectivity index (χ2n) is 3.80. The summed E-state index contributed by atoms with van der Waals surface area (Å²) >= 11 is 15.1. The van der Waals surface area contributed by atoms with Crippen molar-refractivity contribution >= 4 is 55.2 Å². The van der Waals surface area contributed by atoms with Crippen LogP contribution < -0.4 is 0 Å². The Labute approximate surface area is 124 Å². The van der Waals surface area contributed by atoms with E-state index in [4.69, 9.17) is 11.6 Å². The zero-order valence-corrected chi connectivity index (χ0v) is 13.9. The van der Waals surface area contributed by atoms with E-state index in [0.717, 1.165) is 22.1 Å². The van der Waals surface area contributed by atoms with Crippen LogP contribution in [0.3, 0.4) is 0 Å². The summed E-state index contributed by atoms with van der Waals surface area (Å²) in [6, 6.07) is 8.20. The summed E-state index contributed by atoms with van der Waals surface area (Å²) in [5.74, 6) is 1.17. The first kappa shape index (κ1) is 14.9. The lowest BCUT2D eigenvalue weighted by Gasteiger charge is -2.30. The Morgan fingerprint density at radius 1 is 1.19 bits per heavy atom. The molecule has 0 bridgehead atoms. The molecule has 0 N–H and O–H groups in total. The standard InChI is InChI=1S/C12H15Br2ClS/c1-16-7-6-12(8-13,9-14)10-2-4-11(15)5-3-10/h2-5H,6-9H2,1H3. The monoisotopic (exact) mass is 384 g/mol. The van der Waals surface area contributed by atoms with Gasteiger partial charge in [-0.15, -0.1) is 0 Å². The molecule has 0 unspecified atom stereocenters. The van der Waals surface area contributed by atoms with Gasteiger partial charge in [-0.2, -0.15) is 11.8 Å². The Balaban J connectivity index is 2.95. The van der Waals surface area contributed by atoms with Crippen LogP contribution in [0.1, 0.15) is 12.0 Å². The fourth-order valence-electron chi connectivity index (χ4n) is 1.57. The van der Waals surface area contributed by atoms with Gasteiger partial charge in [0.05, 0.1) is 0 Å². The predicted octanol–water partition coefficient (Wildman–Crippen LogP) is 5.12. The topological polar surface area (TPSA) is 0 Å². The molecule has 0 aliphatic rings. The largest absolute Gasteiger partial charge is 0.165 e. The fourth-order valence-corrected chi connectivity index (χ4v) is 4.43. The molecule has 1 aromatic rings. The number of hydrogen-bond acceptors (Lipinski definition) is 1. The zero-order valence-electron chi connectivity index (χ0n) is 9.18. The summed E-state index contributed by atoms with van der Waals surface area (Å²) < 4.78 is 0. The average molecular weight is 387 g/mol. The Hall–Kier alpha value is 0.820. The van der Waals surface area contributed by atoms with E-state index in [9.17, 15) is 0 Å². The van der Waals surface area contributed by atoms with Crippen molar-refractivity contribution in [2.45, 2.75) is 11.8 Å². The van der Waals surface area contributed by atoms with Gasteiger partial charge >= 0.3 is 0 Å². The summed E-state index contributed by atoms with van der Waals surface area (Å²) in [5.41, 5.74) is 1.52. The molecule has 0 saturated heterocycles. The highest BCUT2D eigenvalue weighted by Gasteiger charge is 2.29. The molecule has 0 saturated carbocycles. The van der Waals surface area contributed by atoms with Gasteiger partial charge in [-0.25, -0.2) is 0 Å². The van der Waals surface area contributed by atoms with E-state index in [1.165, 1.54) is 11.3 Å². The molecule has 0 radical (unpaired) electrons. The first-order valence-corrected chi connectivity index (χ1v) is 9.07. The number of alkyl halides is 2. The maximum atomic E-state index is 5.92. The van der Waals surface area contributed by atoms with Crippen LogP contribution in [0.5, 0.6) is 0 Å². The van der Waals surface area contributed by atoms with E-state index in [1.54, 1.807) is 0 Å². The summed E-state index contributed by atoms with van der Waals surface area (Å²) in [7, 11) is 0. The molecular formula is C12H15Br2ClS. The van der Waals surface area contributed by atoms with Crippen LogP contribution in [0, 0.1) is 0 Å². The van der Waals surface area contributed by atoms with Gasteiger partial charge in [-0.05, 0) is 36.1 Å². The summed E-state index contributed by atoms with van der Waals surface area (Å²) in [6.45, 7) is 0. The first-order chi connectivity index (χ1) is 7.68. The molecule has 90 valence electrons. The Morgan fingerprint density at radius 2 is 1.75 bits per heavy atom. The number of benzene rings is 1. The van der Waals surface area contributed by atoms with Crippen molar-refractivity contribution < 1.29 is 0 Å². The number of halogens is 3. The Bertz CT molecular complexity index is 309. The van der Waals surface area contributed by atoms with Crippen LogP contribution in [0.25, 0.3) is 0 Å². The second kappa shape index (κ2) is 7.30. The lowest BCUT2D eigenvalue weighted by molar-refractivity contribution is 0.539. The molecule has 4 heteroatoms. The van der Waals surface area contributed by atoms with Crippen molar-refractivity contribution in [2.24, 2.45) is 0 Å². The fraction of sp³-hybridized carbons (Fsp3) is 0.500. The third kappa shape index (κ3) is 3.66. The molecule has 0 aliphatic heterocycles.